The van der Waals surface area contributed by atoms with Gasteiger partial charge in [-0.15, -0.1) is 11.3 Å². The van der Waals surface area contributed by atoms with Gasteiger partial charge in [0, 0.05) is 13.1 Å². The number of carboxylic acid groups (broad SMARTS) is 1. The molecule has 1 N–H and O–H groups in total. The molecular weight excluding hydrogens is 290 g/mol. The quantitative estimate of drug-likeness (QED) is 0.908. The summed E-state index contributed by atoms with van der Waals surface area (Å²) in [4.78, 5) is 26.5. The molecule has 0 bridgehead atoms. The molecule has 0 aromatic carbocycles. The van der Waals surface area contributed by atoms with E-state index in [-0.39, 0.29) is 12.5 Å². The van der Waals surface area contributed by atoms with Crippen LogP contribution in [0.4, 0.5) is 0 Å². The maximum absolute atomic E-state index is 12.6. The summed E-state index contributed by atoms with van der Waals surface area (Å²) in [5, 5.41) is 11.4. The van der Waals surface area contributed by atoms with Gasteiger partial charge in [-0.1, -0.05) is 13.3 Å². The molecule has 6 heteroatoms. The Labute approximate surface area is 128 Å². The highest BCUT2D eigenvalue weighted by Crippen LogP contribution is 2.36. The second kappa shape index (κ2) is 6.47. The Bertz CT molecular complexity index is 523. The van der Waals surface area contributed by atoms with E-state index in [1.165, 1.54) is 18.4 Å². The summed E-state index contributed by atoms with van der Waals surface area (Å²) in [5.74, 6) is -0.352. The van der Waals surface area contributed by atoms with Crippen LogP contribution in [0.5, 0.6) is 5.75 Å². The minimum absolute atomic E-state index is 0.122. The van der Waals surface area contributed by atoms with Crippen LogP contribution in [0.1, 0.15) is 42.3 Å². The summed E-state index contributed by atoms with van der Waals surface area (Å²) in [6.07, 6.45) is 2.78. The predicted octanol–water partition coefficient (Wildman–Crippen LogP) is 2.86. The molecule has 1 saturated heterocycles. The van der Waals surface area contributed by atoms with Crippen molar-refractivity contribution < 1.29 is 19.4 Å². The molecule has 1 aliphatic rings. The fraction of sp³-hybridized carbons (Fsp3) is 0.600. The van der Waals surface area contributed by atoms with Crippen molar-refractivity contribution in [1.29, 1.82) is 0 Å². The van der Waals surface area contributed by atoms with Crippen molar-refractivity contribution in [1.82, 2.24) is 4.90 Å². The maximum Gasteiger partial charge on any atom is 0.311 e. The summed E-state index contributed by atoms with van der Waals surface area (Å²) in [5.41, 5.74) is -0.798. The molecule has 116 valence electrons. The number of carbonyl (C=O) groups excluding carboxylic acids is 1. The minimum Gasteiger partial charge on any atom is -0.495 e. The number of carboxylic acids is 1. The summed E-state index contributed by atoms with van der Waals surface area (Å²) in [6.45, 7) is 2.88. The lowest BCUT2D eigenvalue weighted by molar-refractivity contribution is -0.152. The van der Waals surface area contributed by atoms with Gasteiger partial charge in [0.1, 0.15) is 10.6 Å². The van der Waals surface area contributed by atoms with E-state index in [4.69, 9.17) is 4.74 Å². The van der Waals surface area contributed by atoms with Crippen molar-refractivity contribution in [2.75, 3.05) is 20.2 Å². The Kier molecular flexibility index (Phi) is 4.88. The third kappa shape index (κ3) is 3.05. The smallest absolute Gasteiger partial charge is 0.311 e. The van der Waals surface area contributed by atoms with Gasteiger partial charge in [0.25, 0.3) is 5.91 Å². The molecule has 1 aliphatic heterocycles. The predicted molar refractivity (Wildman–Crippen MR) is 81.0 cm³/mol. The maximum atomic E-state index is 12.6. The standard InChI is InChI=1S/C15H21NO4S/c1-3-6-15(14(18)19)7-4-8-16(10-15)13(17)12-11(20-2)5-9-21-12/h5,9H,3-4,6-8,10H2,1-2H3,(H,18,19). The van der Waals surface area contributed by atoms with E-state index in [9.17, 15) is 14.7 Å². The van der Waals surface area contributed by atoms with Gasteiger partial charge in [0.2, 0.25) is 0 Å². The summed E-state index contributed by atoms with van der Waals surface area (Å²) in [7, 11) is 1.54. The molecule has 0 spiro atoms. The highest BCUT2D eigenvalue weighted by molar-refractivity contribution is 7.12. The highest BCUT2D eigenvalue weighted by Gasteiger charge is 2.43. The number of carbonyl (C=O) groups is 2. The molecule has 1 fully saturated rings. The van der Waals surface area contributed by atoms with Gasteiger partial charge in [-0.05, 0) is 30.7 Å². The molecular formula is C15H21NO4S. The zero-order valence-electron chi connectivity index (χ0n) is 12.4. The van der Waals surface area contributed by atoms with Crippen LogP contribution in [0.25, 0.3) is 0 Å². The largest absolute Gasteiger partial charge is 0.495 e. The number of ether oxygens (including phenoxy) is 1. The molecule has 5 nitrogen and oxygen atoms in total. The molecule has 0 aliphatic carbocycles. The van der Waals surface area contributed by atoms with E-state index >= 15 is 0 Å². The number of methoxy groups -OCH3 is 1. The Hall–Kier alpha value is -1.56. The molecule has 1 aromatic heterocycles. The van der Waals surface area contributed by atoms with Crippen LogP contribution in [0, 0.1) is 5.41 Å². The van der Waals surface area contributed by atoms with Crippen molar-refractivity contribution in [3.8, 4) is 5.75 Å². The average molecular weight is 311 g/mol. The number of aliphatic carboxylic acids is 1. The van der Waals surface area contributed by atoms with E-state index in [0.717, 1.165) is 12.8 Å². The second-order valence-corrected chi connectivity index (χ2v) is 6.40. The molecule has 1 aromatic rings. The number of hydrogen-bond acceptors (Lipinski definition) is 4. The second-order valence-electron chi connectivity index (χ2n) is 5.48. The Morgan fingerprint density at radius 3 is 2.90 bits per heavy atom. The monoisotopic (exact) mass is 311 g/mol. The van der Waals surface area contributed by atoms with Crippen LogP contribution in [-0.2, 0) is 4.79 Å². The van der Waals surface area contributed by atoms with Gasteiger partial charge in [0.15, 0.2) is 0 Å². The zero-order valence-corrected chi connectivity index (χ0v) is 13.2. The number of rotatable bonds is 5. The molecule has 2 rings (SSSR count). The Morgan fingerprint density at radius 2 is 2.29 bits per heavy atom. The van der Waals surface area contributed by atoms with Crippen LogP contribution >= 0.6 is 11.3 Å². The summed E-state index contributed by atoms with van der Waals surface area (Å²) < 4.78 is 5.19. The molecule has 0 saturated carbocycles. The summed E-state index contributed by atoms with van der Waals surface area (Å²) >= 11 is 1.33. The Balaban J connectivity index is 2.20. The van der Waals surface area contributed by atoms with Crippen LogP contribution in [-0.4, -0.2) is 42.1 Å². The Morgan fingerprint density at radius 1 is 1.52 bits per heavy atom. The fourth-order valence-electron chi connectivity index (χ4n) is 3.03. The highest BCUT2D eigenvalue weighted by atomic mass is 32.1. The van der Waals surface area contributed by atoms with Gasteiger partial charge in [-0.25, -0.2) is 0 Å². The number of hydrogen-bond donors (Lipinski definition) is 1. The van der Waals surface area contributed by atoms with Gasteiger partial charge in [0.05, 0.1) is 12.5 Å². The van der Waals surface area contributed by atoms with Crippen LogP contribution < -0.4 is 4.74 Å². The van der Waals surface area contributed by atoms with E-state index < -0.39 is 11.4 Å². The molecule has 2 heterocycles. The first-order valence-electron chi connectivity index (χ1n) is 7.18. The van der Waals surface area contributed by atoms with Crippen molar-refractivity contribution in [3.05, 3.63) is 16.3 Å². The van der Waals surface area contributed by atoms with Gasteiger partial charge >= 0.3 is 5.97 Å². The van der Waals surface area contributed by atoms with Gasteiger partial charge < -0.3 is 14.7 Å². The number of likely N-dealkylation sites (tertiary alicyclic amines) is 1. The van der Waals surface area contributed by atoms with Crippen molar-refractivity contribution in [3.63, 3.8) is 0 Å². The first-order valence-corrected chi connectivity index (χ1v) is 8.06. The third-order valence-electron chi connectivity index (χ3n) is 4.09. The SMILES string of the molecule is CCCC1(C(=O)O)CCCN(C(=O)c2sccc2OC)C1. The van der Waals surface area contributed by atoms with E-state index in [2.05, 4.69) is 0 Å². The molecule has 1 atom stereocenters. The normalized spacial score (nSPS) is 22.1. The molecule has 1 amide bonds. The number of thiophene rings is 1. The fourth-order valence-corrected chi connectivity index (χ4v) is 3.85. The van der Waals surface area contributed by atoms with Crippen LogP contribution in [0.15, 0.2) is 11.4 Å². The van der Waals surface area contributed by atoms with Crippen molar-refractivity contribution >= 4 is 23.2 Å². The van der Waals surface area contributed by atoms with Crippen molar-refractivity contribution in [2.24, 2.45) is 5.41 Å². The lowest BCUT2D eigenvalue weighted by atomic mass is 9.76. The van der Waals surface area contributed by atoms with Crippen molar-refractivity contribution in [2.45, 2.75) is 32.6 Å². The average Bonchev–Trinajstić information content (AvgIpc) is 2.95. The first kappa shape index (κ1) is 15.8. The van der Waals surface area contributed by atoms with E-state index in [1.54, 1.807) is 11.0 Å². The van der Waals surface area contributed by atoms with Crippen LogP contribution in [0.2, 0.25) is 0 Å². The zero-order chi connectivity index (χ0) is 15.5. The van der Waals surface area contributed by atoms with E-state index in [1.807, 2.05) is 12.3 Å². The number of nitrogens with zero attached hydrogens (tertiary/aromatic N) is 1. The molecule has 21 heavy (non-hydrogen) atoms. The van der Waals surface area contributed by atoms with Gasteiger partial charge in [-0.3, -0.25) is 9.59 Å². The molecule has 1 unspecified atom stereocenters. The topological polar surface area (TPSA) is 66.8 Å². The molecule has 0 radical (unpaired) electrons. The van der Waals surface area contributed by atoms with E-state index in [0.29, 0.717) is 30.0 Å². The lowest BCUT2D eigenvalue weighted by Crippen LogP contribution is -2.49. The summed E-state index contributed by atoms with van der Waals surface area (Å²) in [6, 6.07) is 1.76. The van der Waals surface area contributed by atoms with Crippen LogP contribution in [0.3, 0.4) is 0 Å². The van der Waals surface area contributed by atoms with Gasteiger partial charge in [-0.2, -0.15) is 0 Å². The minimum atomic E-state index is -0.798. The third-order valence-corrected chi connectivity index (χ3v) is 4.97. The lowest BCUT2D eigenvalue weighted by Gasteiger charge is -2.39. The first-order chi connectivity index (χ1) is 10.0. The number of amides is 1. The number of piperidine rings is 1.